The lowest BCUT2D eigenvalue weighted by Crippen LogP contribution is -1.92. The van der Waals surface area contributed by atoms with Crippen LogP contribution in [0.4, 0.5) is 4.39 Å². The number of nitrogens with zero attached hydrogens (tertiary/aromatic N) is 2. The summed E-state index contributed by atoms with van der Waals surface area (Å²) in [7, 11) is 0. The van der Waals surface area contributed by atoms with Gasteiger partial charge in [-0.15, -0.1) is 0 Å². The van der Waals surface area contributed by atoms with Crippen LogP contribution in [0, 0.1) is 5.82 Å². The van der Waals surface area contributed by atoms with Crippen LogP contribution in [0.1, 0.15) is 48.9 Å². The third-order valence-electron chi connectivity index (χ3n) is 4.99. The van der Waals surface area contributed by atoms with Gasteiger partial charge in [0.25, 0.3) is 0 Å². The van der Waals surface area contributed by atoms with Crippen LogP contribution in [0.15, 0.2) is 76.9 Å². The van der Waals surface area contributed by atoms with Crippen LogP contribution in [0.5, 0.6) is 0 Å². The van der Waals surface area contributed by atoms with Crippen molar-refractivity contribution in [1.29, 1.82) is 0 Å². The predicted octanol–water partition coefficient (Wildman–Crippen LogP) is 6.85. The van der Waals surface area contributed by atoms with Gasteiger partial charge in [-0.05, 0) is 53.1 Å². The molecular formula is C26H27FN2. The van der Waals surface area contributed by atoms with Crippen LogP contribution in [-0.4, -0.2) is 12.4 Å². The van der Waals surface area contributed by atoms with Gasteiger partial charge in [0.2, 0.25) is 0 Å². The van der Waals surface area contributed by atoms with Gasteiger partial charge >= 0.3 is 0 Å². The molecule has 0 amide bonds. The second-order valence-electron chi connectivity index (χ2n) is 7.08. The maximum Gasteiger partial charge on any atom is 0.131 e. The minimum Gasteiger partial charge on any atom is -0.206 e. The van der Waals surface area contributed by atoms with Crippen LogP contribution in [0.25, 0.3) is 11.1 Å². The van der Waals surface area contributed by atoms with E-state index < -0.39 is 0 Å². The summed E-state index contributed by atoms with van der Waals surface area (Å²) < 4.78 is 14.6. The molecule has 0 radical (unpaired) electrons. The van der Waals surface area contributed by atoms with Gasteiger partial charge in [-0.1, -0.05) is 80.9 Å². The van der Waals surface area contributed by atoms with Crippen molar-refractivity contribution in [1.82, 2.24) is 0 Å². The van der Waals surface area contributed by atoms with Crippen LogP contribution in [0.2, 0.25) is 0 Å². The highest BCUT2D eigenvalue weighted by atomic mass is 19.1. The molecule has 0 aromatic heterocycles. The van der Waals surface area contributed by atoms with Crippen LogP contribution < -0.4 is 0 Å². The van der Waals surface area contributed by atoms with E-state index >= 15 is 0 Å². The molecule has 0 heterocycles. The molecule has 0 saturated carbocycles. The lowest BCUT2D eigenvalue weighted by atomic mass is 10.0. The number of benzene rings is 3. The quantitative estimate of drug-likeness (QED) is 0.299. The standard InChI is InChI=1S/C26H27FN2/c1-3-5-8-22-9-6-7-10-24(22)19-29-28-18-21-13-16-25(26(27)17-21)23-14-11-20(4-2)12-15-23/h6-7,9-19H,3-5,8H2,1-2H3. The number of hydrogen-bond acceptors (Lipinski definition) is 2. The molecule has 0 bridgehead atoms. The maximum absolute atomic E-state index is 14.6. The molecule has 148 valence electrons. The average Bonchev–Trinajstić information content (AvgIpc) is 2.76. The first-order valence-electron chi connectivity index (χ1n) is 10.2. The second kappa shape index (κ2) is 10.5. The molecule has 3 aromatic carbocycles. The highest BCUT2D eigenvalue weighted by Gasteiger charge is 2.05. The Hall–Kier alpha value is -3.07. The van der Waals surface area contributed by atoms with Gasteiger partial charge in [-0.2, -0.15) is 10.2 Å². The monoisotopic (exact) mass is 386 g/mol. The van der Waals surface area contributed by atoms with E-state index in [1.165, 1.54) is 17.2 Å². The summed E-state index contributed by atoms with van der Waals surface area (Å²) in [5, 5.41) is 8.26. The van der Waals surface area contributed by atoms with Crippen LogP contribution in [0.3, 0.4) is 0 Å². The SMILES string of the molecule is CCCCc1ccccc1C=NN=Cc1ccc(-c2ccc(CC)cc2)c(F)c1. The fourth-order valence-electron chi connectivity index (χ4n) is 3.22. The summed E-state index contributed by atoms with van der Waals surface area (Å²) in [6.07, 6.45) is 7.67. The lowest BCUT2D eigenvalue weighted by Gasteiger charge is -2.05. The number of rotatable bonds is 8. The third kappa shape index (κ3) is 5.71. The van der Waals surface area contributed by atoms with Crippen molar-refractivity contribution in [2.75, 3.05) is 0 Å². The van der Waals surface area contributed by atoms with Gasteiger partial charge in [0.1, 0.15) is 5.82 Å². The van der Waals surface area contributed by atoms with Crippen molar-refractivity contribution in [2.45, 2.75) is 39.5 Å². The molecule has 2 nitrogen and oxygen atoms in total. The van der Waals surface area contributed by atoms with Crippen molar-refractivity contribution >= 4 is 12.4 Å². The van der Waals surface area contributed by atoms with E-state index in [4.69, 9.17) is 0 Å². The molecule has 0 fully saturated rings. The van der Waals surface area contributed by atoms with Crippen molar-refractivity contribution in [3.05, 3.63) is 94.8 Å². The van der Waals surface area contributed by atoms with Crippen LogP contribution in [-0.2, 0) is 12.8 Å². The number of halogens is 1. The van der Waals surface area contributed by atoms with Crippen molar-refractivity contribution in [2.24, 2.45) is 10.2 Å². The van der Waals surface area contributed by atoms with E-state index in [9.17, 15) is 4.39 Å². The molecule has 29 heavy (non-hydrogen) atoms. The average molecular weight is 387 g/mol. The predicted molar refractivity (Wildman–Crippen MR) is 121 cm³/mol. The zero-order chi connectivity index (χ0) is 20.5. The highest BCUT2D eigenvalue weighted by Crippen LogP contribution is 2.24. The molecule has 0 spiro atoms. The Morgan fingerprint density at radius 3 is 2.34 bits per heavy atom. The fourth-order valence-corrected chi connectivity index (χ4v) is 3.22. The molecule has 3 heteroatoms. The van der Waals surface area contributed by atoms with Crippen molar-refractivity contribution in [3.63, 3.8) is 0 Å². The Balaban J connectivity index is 1.70. The van der Waals surface area contributed by atoms with Gasteiger partial charge in [-0.25, -0.2) is 4.39 Å². The summed E-state index contributed by atoms with van der Waals surface area (Å²) in [4.78, 5) is 0. The molecule has 3 aromatic rings. The zero-order valence-corrected chi connectivity index (χ0v) is 17.1. The van der Waals surface area contributed by atoms with Gasteiger partial charge in [0.15, 0.2) is 0 Å². The summed E-state index contributed by atoms with van der Waals surface area (Å²) in [5.41, 5.74) is 5.76. The number of unbranched alkanes of at least 4 members (excludes halogenated alkanes) is 1. The minimum atomic E-state index is -0.257. The fraction of sp³-hybridized carbons (Fsp3) is 0.231. The number of aryl methyl sites for hydroxylation is 2. The molecule has 3 rings (SSSR count). The van der Waals surface area contributed by atoms with Crippen molar-refractivity contribution in [3.8, 4) is 11.1 Å². The first kappa shape index (κ1) is 20.7. The Kier molecular flexibility index (Phi) is 7.46. The molecule has 0 aliphatic carbocycles. The van der Waals surface area contributed by atoms with E-state index in [0.29, 0.717) is 11.1 Å². The molecule has 0 atom stereocenters. The molecule has 0 N–H and O–H groups in total. The molecule has 0 aliphatic heterocycles. The number of hydrogen-bond donors (Lipinski definition) is 0. The summed E-state index contributed by atoms with van der Waals surface area (Å²) >= 11 is 0. The van der Waals surface area contributed by atoms with Crippen LogP contribution >= 0.6 is 0 Å². The lowest BCUT2D eigenvalue weighted by molar-refractivity contribution is 0.631. The first-order chi connectivity index (χ1) is 14.2. The van der Waals surface area contributed by atoms with Gasteiger partial charge in [-0.3, -0.25) is 0 Å². The molecule has 0 unspecified atom stereocenters. The molecule has 0 aliphatic rings. The summed E-state index contributed by atoms with van der Waals surface area (Å²) in [6, 6.07) is 21.4. The largest absolute Gasteiger partial charge is 0.206 e. The van der Waals surface area contributed by atoms with E-state index in [1.54, 1.807) is 18.5 Å². The molecule has 0 saturated heterocycles. The first-order valence-corrected chi connectivity index (χ1v) is 10.2. The normalized spacial score (nSPS) is 11.6. The van der Waals surface area contributed by atoms with Gasteiger partial charge in [0, 0.05) is 5.56 Å². The highest BCUT2D eigenvalue weighted by molar-refractivity contribution is 5.84. The van der Waals surface area contributed by atoms with Gasteiger partial charge < -0.3 is 0 Å². The second-order valence-corrected chi connectivity index (χ2v) is 7.08. The topological polar surface area (TPSA) is 24.7 Å². The Morgan fingerprint density at radius 1 is 0.862 bits per heavy atom. The smallest absolute Gasteiger partial charge is 0.131 e. The van der Waals surface area contributed by atoms with Gasteiger partial charge in [0.05, 0.1) is 12.4 Å². The zero-order valence-electron chi connectivity index (χ0n) is 17.1. The third-order valence-corrected chi connectivity index (χ3v) is 4.99. The van der Waals surface area contributed by atoms with Crippen molar-refractivity contribution < 1.29 is 4.39 Å². The summed E-state index contributed by atoms with van der Waals surface area (Å²) in [6.45, 7) is 4.29. The molecular weight excluding hydrogens is 359 g/mol. The van der Waals surface area contributed by atoms with E-state index in [2.05, 4.69) is 30.1 Å². The Labute approximate surface area is 172 Å². The van der Waals surface area contributed by atoms with E-state index in [1.807, 2.05) is 48.5 Å². The Morgan fingerprint density at radius 2 is 1.62 bits per heavy atom. The minimum absolute atomic E-state index is 0.257. The Bertz CT molecular complexity index is 988. The summed E-state index contributed by atoms with van der Waals surface area (Å²) in [5.74, 6) is -0.257. The van der Waals surface area contributed by atoms with E-state index in [0.717, 1.165) is 36.8 Å². The maximum atomic E-state index is 14.6. The van der Waals surface area contributed by atoms with E-state index in [-0.39, 0.29) is 5.82 Å².